The van der Waals surface area contributed by atoms with E-state index >= 15 is 0 Å². The van der Waals surface area contributed by atoms with Gasteiger partial charge in [0.1, 0.15) is 5.75 Å². The van der Waals surface area contributed by atoms with Crippen LogP contribution < -0.4 is 10.1 Å². The summed E-state index contributed by atoms with van der Waals surface area (Å²) in [7, 11) is 1.63. The number of anilines is 1. The van der Waals surface area contributed by atoms with Gasteiger partial charge in [0.2, 0.25) is 0 Å². The molecule has 0 aliphatic heterocycles. The van der Waals surface area contributed by atoms with Crippen molar-refractivity contribution in [3.05, 3.63) is 23.2 Å². The van der Waals surface area contributed by atoms with Gasteiger partial charge in [-0.2, -0.15) is 0 Å². The molecule has 0 aliphatic rings. The first-order valence-electron chi connectivity index (χ1n) is 4.71. The van der Waals surface area contributed by atoms with E-state index in [9.17, 15) is 0 Å². The summed E-state index contributed by atoms with van der Waals surface area (Å²) in [5.41, 5.74) is 0.959. The Kier molecular flexibility index (Phi) is 4.08. The molecule has 0 saturated carbocycles. The molecule has 0 aliphatic carbocycles. The molecule has 0 bridgehead atoms. The van der Waals surface area contributed by atoms with Crippen LogP contribution in [0.3, 0.4) is 0 Å². The maximum Gasteiger partial charge on any atom is 0.120 e. The van der Waals surface area contributed by atoms with Crippen molar-refractivity contribution in [2.45, 2.75) is 13.8 Å². The molecule has 0 spiro atoms. The fourth-order valence-corrected chi connectivity index (χ4v) is 1.32. The minimum Gasteiger partial charge on any atom is -0.497 e. The largest absolute Gasteiger partial charge is 0.497 e. The van der Waals surface area contributed by atoms with E-state index in [-0.39, 0.29) is 0 Å². The molecule has 2 nitrogen and oxygen atoms in total. The molecule has 14 heavy (non-hydrogen) atoms. The van der Waals surface area contributed by atoms with Gasteiger partial charge in [0.05, 0.1) is 17.8 Å². The van der Waals surface area contributed by atoms with Crippen LogP contribution in [-0.2, 0) is 0 Å². The molecule has 0 heterocycles. The van der Waals surface area contributed by atoms with Crippen molar-refractivity contribution < 1.29 is 4.74 Å². The van der Waals surface area contributed by atoms with E-state index in [4.69, 9.17) is 16.3 Å². The van der Waals surface area contributed by atoms with Gasteiger partial charge in [0, 0.05) is 12.6 Å². The normalized spacial score (nSPS) is 10.4. The van der Waals surface area contributed by atoms with Crippen LogP contribution in [0.25, 0.3) is 0 Å². The summed E-state index contributed by atoms with van der Waals surface area (Å²) in [4.78, 5) is 0. The molecule has 0 aromatic heterocycles. The number of benzene rings is 1. The van der Waals surface area contributed by atoms with Crippen LogP contribution in [0.2, 0.25) is 5.02 Å². The molecule has 0 radical (unpaired) electrons. The highest BCUT2D eigenvalue weighted by Gasteiger charge is 2.02. The monoisotopic (exact) mass is 213 g/mol. The summed E-state index contributed by atoms with van der Waals surface area (Å²) in [5.74, 6) is 1.39. The Bertz CT molecular complexity index is 299. The lowest BCUT2D eigenvalue weighted by Gasteiger charge is -2.11. The fourth-order valence-electron chi connectivity index (χ4n) is 1.08. The number of rotatable bonds is 4. The van der Waals surface area contributed by atoms with E-state index in [2.05, 4.69) is 19.2 Å². The van der Waals surface area contributed by atoms with Crippen LogP contribution in [0.1, 0.15) is 13.8 Å². The smallest absolute Gasteiger partial charge is 0.120 e. The van der Waals surface area contributed by atoms with E-state index in [1.165, 1.54) is 0 Å². The van der Waals surface area contributed by atoms with E-state index in [1.54, 1.807) is 7.11 Å². The van der Waals surface area contributed by atoms with Gasteiger partial charge in [-0.15, -0.1) is 0 Å². The first kappa shape index (κ1) is 11.2. The van der Waals surface area contributed by atoms with Gasteiger partial charge in [-0.3, -0.25) is 0 Å². The Morgan fingerprint density at radius 1 is 1.43 bits per heavy atom. The van der Waals surface area contributed by atoms with Crippen molar-refractivity contribution in [1.82, 2.24) is 0 Å². The van der Waals surface area contributed by atoms with Crippen LogP contribution in [-0.4, -0.2) is 13.7 Å². The van der Waals surface area contributed by atoms with E-state index in [0.717, 1.165) is 18.0 Å². The van der Waals surface area contributed by atoms with Gasteiger partial charge in [0.25, 0.3) is 0 Å². The average Bonchev–Trinajstić information content (AvgIpc) is 2.15. The summed E-state index contributed by atoms with van der Waals surface area (Å²) in [6.45, 7) is 5.24. The lowest BCUT2D eigenvalue weighted by Crippen LogP contribution is -2.08. The Balaban J connectivity index is 2.69. The van der Waals surface area contributed by atoms with E-state index < -0.39 is 0 Å². The summed E-state index contributed by atoms with van der Waals surface area (Å²) in [6.07, 6.45) is 0. The van der Waals surface area contributed by atoms with Gasteiger partial charge < -0.3 is 10.1 Å². The predicted octanol–water partition coefficient (Wildman–Crippen LogP) is 3.42. The maximum atomic E-state index is 6.05. The molecule has 1 rings (SSSR count). The second-order valence-corrected chi connectivity index (χ2v) is 4.03. The first-order chi connectivity index (χ1) is 6.63. The zero-order chi connectivity index (χ0) is 10.6. The second-order valence-electron chi connectivity index (χ2n) is 3.62. The van der Waals surface area contributed by atoms with Gasteiger partial charge in [0.15, 0.2) is 0 Å². The second kappa shape index (κ2) is 5.11. The average molecular weight is 214 g/mol. The molecule has 78 valence electrons. The lowest BCUT2D eigenvalue weighted by atomic mass is 10.2. The van der Waals surface area contributed by atoms with Gasteiger partial charge in [-0.25, -0.2) is 0 Å². The van der Waals surface area contributed by atoms with Crippen molar-refractivity contribution in [2.24, 2.45) is 5.92 Å². The number of halogens is 1. The summed E-state index contributed by atoms with van der Waals surface area (Å²) in [5, 5.41) is 3.98. The highest BCUT2D eigenvalue weighted by Crippen LogP contribution is 2.26. The highest BCUT2D eigenvalue weighted by atomic mass is 35.5. The lowest BCUT2D eigenvalue weighted by molar-refractivity contribution is 0.415. The summed E-state index contributed by atoms with van der Waals surface area (Å²) in [6, 6.07) is 5.64. The Morgan fingerprint density at radius 2 is 2.14 bits per heavy atom. The Hall–Kier alpha value is -0.890. The molecular weight excluding hydrogens is 198 g/mol. The van der Waals surface area contributed by atoms with Crippen molar-refractivity contribution in [3.8, 4) is 5.75 Å². The number of hydrogen-bond acceptors (Lipinski definition) is 2. The third kappa shape index (κ3) is 3.11. The molecule has 0 atom stereocenters. The zero-order valence-electron chi connectivity index (χ0n) is 8.80. The van der Waals surface area contributed by atoms with Crippen LogP contribution in [0, 0.1) is 5.92 Å². The summed E-state index contributed by atoms with van der Waals surface area (Å²) < 4.78 is 5.06. The number of methoxy groups -OCH3 is 1. The fraction of sp³-hybridized carbons (Fsp3) is 0.455. The van der Waals surface area contributed by atoms with Crippen molar-refractivity contribution in [1.29, 1.82) is 0 Å². The molecule has 3 heteroatoms. The number of hydrogen-bond donors (Lipinski definition) is 1. The van der Waals surface area contributed by atoms with Gasteiger partial charge in [-0.05, 0) is 18.1 Å². The maximum absolute atomic E-state index is 6.05. The standard InChI is InChI=1S/C11H16ClNO/c1-8(2)7-13-11-5-4-9(14-3)6-10(11)12/h4-6,8,13H,7H2,1-3H3. The first-order valence-corrected chi connectivity index (χ1v) is 5.08. The number of nitrogens with one attached hydrogen (secondary N) is 1. The summed E-state index contributed by atoms with van der Waals surface area (Å²) >= 11 is 6.05. The van der Waals surface area contributed by atoms with E-state index in [1.807, 2.05) is 18.2 Å². The SMILES string of the molecule is COc1ccc(NCC(C)C)c(Cl)c1. The number of ether oxygens (including phenoxy) is 1. The predicted molar refractivity (Wildman–Crippen MR) is 61.3 cm³/mol. The molecular formula is C11H16ClNO. The van der Waals surface area contributed by atoms with Crippen LogP contribution in [0.4, 0.5) is 5.69 Å². The zero-order valence-corrected chi connectivity index (χ0v) is 9.56. The molecule has 1 aromatic rings. The van der Waals surface area contributed by atoms with Crippen LogP contribution >= 0.6 is 11.6 Å². The molecule has 0 unspecified atom stereocenters. The quantitative estimate of drug-likeness (QED) is 0.828. The van der Waals surface area contributed by atoms with Crippen molar-refractivity contribution >= 4 is 17.3 Å². The van der Waals surface area contributed by atoms with Gasteiger partial charge >= 0.3 is 0 Å². The Morgan fingerprint density at radius 3 is 2.64 bits per heavy atom. The highest BCUT2D eigenvalue weighted by molar-refractivity contribution is 6.33. The van der Waals surface area contributed by atoms with E-state index in [0.29, 0.717) is 10.9 Å². The molecule has 0 fully saturated rings. The third-order valence-corrected chi connectivity index (χ3v) is 2.19. The van der Waals surface area contributed by atoms with Crippen LogP contribution in [0.15, 0.2) is 18.2 Å². The van der Waals surface area contributed by atoms with Crippen molar-refractivity contribution in [3.63, 3.8) is 0 Å². The molecule has 0 saturated heterocycles. The topological polar surface area (TPSA) is 21.3 Å². The van der Waals surface area contributed by atoms with Crippen molar-refractivity contribution in [2.75, 3.05) is 19.0 Å². The minimum absolute atomic E-state index is 0.605. The third-order valence-electron chi connectivity index (χ3n) is 1.88. The molecule has 1 N–H and O–H groups in total. The Labute approximate surface area is 90.2 Å². The minimum atomic E-state index is 0.605. The molecule has 1 aromatic carbocycles. The molecule has 0 amide bonds. The van der Waals surface area contributed by atoms with Crippen LogP contribution in [0.5, 0.6) is 5.75 Å². The van der Waals surface area contributed by atoms with Gasteiger partial charge in [-0.1, -0.05) is 25.4 Å².